The monoisotopic (exact) mass is 2370 g/mol. The largest absolute Gasteiger partial charge is 0.500 e. The molecule has 679 valence electrons. The summed E-state index contributed by atoms with van der Waals surface area (Å²) in [7, 11) is -8.31. The van der Waals surface area contributed by atoms with Crippen LogP contribution in [0.25, 0.3) is 134 Å². The van der Waals surface area contributed by atoms with Crippen molar-refractivity contribution in [2.45, 2.75) is 152 Å². The van der Waals surface area contributed by atoms with Crippen LogP contribution in [-0.4, -0.2) is 93.3 Å². The van der Waals surface area contributed by atoms with Crippen molar-refractivity contribution in [3.05, 3.63) is 339 Å². The summed E-state index contributed by atoms with van der Waals surface area (Å²) >= 11 is 0. The van der Waals surface area contributed by atoms with Crippen LogP contribution in [0, 0.1) is 63.1 Å². The molecule has 0 amide bonds. The Morgan fingerprint density at radius 2 is 0.818 bits per heavy atom. The first-order chi connectivity index (χ1) is 62.6. The first kappa shape index (κ1) is 97.6. The van der Waals surface area contributed by atoms with E-state index in [4.69, 9.17) is 27.3 Å². The Hall–Kier alpha value is -10.5. The van der Waals surface area contributed by atoms with E-state index in [1.54, 1.807) is 12.1 Å². The van der Waals surface area contributed by atoms with Gasteiger partial charge in [0.1, 0.15) is 25.0 Å². The number of nitrogens with zero attached hydrogens (tertiary/aromatic N) is 9. The Balaban J connectivity index is 0.000000158. The third-order valence-corrected chi connectivity index (χ3v) is 36.6. The number of rotatable bonds is 15. The van der Waals surface area contributed by atoms with Gasteiger partial charge in [-0.1, -0.05) is 267 Å². The molecule has 0 fully saturated rings. The molecular weight excluding hydrogens is 2250 g/mol. The number of aryl methyl sites for hydroxylation is 3. The molecule has 3 radical (unpaired) electrons. The van der Waals surface area contributed by atoms with Crippen molar-refractivity contribution in [1.82, 2.24) is 44.9 Å². The van der Waals surface area contributed by atoms with Crippen molar-refractivity contribution in [1.29, 1.82) is 0 Å². The minimum Gasteiger partial charge on any atom is -0.500 e. The summed E-state index contributed by atoms with van der Waals surface area (Å²) in [5, 5.41) is 15.5. The molecule has 0 N–H and O–H groups in total. The van der Waals surface area contributed by atoms with Gasteiger partial charge in [0.2, 0.25) is 5.71 Å². The maximum absolute atomic E-state index is 7.63. The van der Waals surface area contributed by atoms with Crippen molar-refractivity contribution in [3.63, 3.8) is 0 Å². The Labute approximate surface area is 830 Å². The molecule has 21 heteroatoms. The fraction of sp³-hybridized carbons (Fsp3) is 0.216. The van der Waals surface area contributed by atoms with E-state index in [1.165, 1.54) is 41.9 Å². The van der Waals surface area contributed by atoms with Gasteiger partial charge in [-0.25, -0.2) is 4.98 Å². The molecule has 0 atom stereocenters. The van der Waals surface area contributed by atoms with Gasteiger partial charge in [0.25, 0.3) is 0 Å². The van der Waals surface area contributed by atoms with Crippen molar-refractivity contribution in [3.8, 4) is 67.5 Å². The van der Waals surface area contributed by atoms with E-state index in [0.29, 0.717) is 22.9 Å². The molecule has 0 aliphatic carbocycles. The zero-order valence-corrected chi connectivity index (χ0v) is 92.3. The molecule has 132 heavy (non-hydrogen) atoms. The van der Waals surface area contributed by atoms with Crippen LogP contribution in [0.2, 0.25) is 111 Å². The SMILES string of the molecule is C[Si](C)(C)c1ccc(-c2[c-]cccc2)nc1.C[Si](C)(C)c1ccc(-c2[c-]cccc2)nc1.C[Si](C)(C)c1ccc(-c2[c-]cccc2)nc1.C[Si](C)(c1ccccc1)c1ccc(-c2[c-]nc3oc4ccccc4c3c2)nc1.Cc1cc2oc3c[c-]c(-c4ccc([Si](C)(C)C)cn4)cc3c2c(C)n1.[2H]C([2H])([2H])c1ccc2c(n1)oc1c(-c3cc(CC(C)C)c([Si](C)(C)C)cn3)[c-]ccc12.[Ir].[Ir].[Ir]. The van der Waals surface area contributed by atoms with E-state index in [1.807, 2.05) is 166 Å². The molecule has 0 spiro atoms. The zero-order chi connectivity index (χ0) is 94.2. The molecule has 0 aliphatic rings. The summed E-state index contributed by atoms with van der Waals surface area (Å²) < 4.78 is 40.7. The number of pyridine rings is 9. The van der Waals surface area contributed by atoms with Crippen LogP contribution in [0.3, 0.4) is 0 Å². The summed E-state index contributed by atoms with van der Waals surface area (Å²) in [5.74, 6) is 0.541. The molecule has 12 heterocycles. The van der Waals surface area contributed by atoms with Gasteiger partial charge in [-0.3, -0.25) is 4.98 Å². The van der Waals surface area contributed by atoms with Crippen LogP contribution < -0.4 is 36.3 Å². The second kappa shape index (κ2) is 43.7. The van der Waals surface area contributed by atoms with E-state index in [-0.39, 0.29) is 66.0 Å². The molecule has 0 bridgehead atoms. The predicted molar refractivity (Wildman–Crippen MR) is 557 cm³/mol. The quantitative estimate of drug-likeness (QED) is 0.0708. The predicted octanol–water partition coefficient (Wildman–Crippen LogP) is 24.8. The van der Waals surface area contributed by atoms with Gasteiger partial charge in [-0.05, 0) is 128 Å². The van der Waals surface area contributed by atoms with Crippen LogP contribution in [0.5, 0.6) is 0 Å². The van der Waals surface area contributed by atoms with E-state index in [0.717, 1.165) is 134 Å². The van der Waals surface area contributed by atoms with Crippen molar-refractivity contribution < 1.29 is 77.7 Å². The van der Waals surface area contributed by atoms with Crippen LogP contribution >= 0.6 is 0 Å². The first-order valence-electron chi connectivity index (χ1n) is 45.6. The maximum atomic E-state index is 7.63. The van der Waals surface area contributed by atoms with Crippen LogP contribution in [0.4, 0.5) is 0 Å². The Kier molecular flexibility index (Phi) is 32.3. The molecule has 12 aromatic heterocycles. The molecule has 0 saturated carbocycles. The second-order valence-corrected chi connectivity index (χ2v) is 68.6. The summed E-state index contributed by atoms with van der Waals surface area (Å²) in [4.78, 5) is 41.0. The third kappa shape index (κ3) is 25.1. The van der Waals surface area contributed by atoms with Crippen LogP contribution in [0.1, 0.15) is 40.6 Å². The average molecular weight is 2370 g/mol. The van der Waals surface area contributed by atoms with Gasteiger partial charge in [-0.2, -0.15) is 0 Å². The Bertz CT molecular complexity index is 6950. The van der Waals surface area contributed by atoms with Crippen molar-refractivity contribution in [2.75, 3.05) is 0 Å². The maximum Gasteiger partial charge on any atom is 0.216 e. The summed E-state index contributed by atoms with van der Waals surface area (Å²) in [5.41, 5.74) is 18.9. The van der Waals surface area contributed by atoms with E-state index >= 15 is 0 Å². The van der Waals surface area contributed by atoms with Gasteiger partial charge in [-0.15, -0.1) is 161 Å². The summed E-state index contributed by atoms with van der Waals surface area (Å²) in [6.07, 6.45) is 16.2. The molecule has 19 aromatic rings. The van der Waals surface area contributed by atoms with Crippen molar-refractivity contribution >= 4 is 151 Å². The third-order valence-electron chi connectivity index (χ3n) is 22.9. The number of benzene rings is 7. The van der Waals surface area contributed by atoms with E-state index in [9.17, 15) is 0 Å². The minimum atomic E-state index is -2.28. The Morgan fingerprint density at radius 3 is 1.30 bits per heavy atom. The Morgan fingerprint density at radius 1 is 0.341 bits per heavy atom. The zero-order valence-electron chi connectivity index (χ0n) is 82.1. The molecule has 7 aromatic carbocycles. The average Bonchev–Trinajstić information content (AvgIpc) is 1.60. The van der Waals surface area contributed by atoms with Gasteiger partial charge in [0.15, 0.2) is 0 Å². The van der Waals surface area contributed by atoms with Gasteiger partial charge >= 0.3 is 0 Å². The number of furan rings is 3. The molecule has 0 aliphatic heterocycles. The standard InChI is InChI=1S/C24H19N2OSi.C24H27N2OSi.C21H21N2OSi.3C14H16NSi.3Ir/c1-28(2,18-8-4-3-5-9-18)19-12-13-22(25-16-19)17-14-21-20-10-6-7-11-23(20)27-24(21)26-15-17;1-15(2)12-17-13-21(25-14-22(17)28(4,5)6)20-9-7-8-18-19-11-10-16(3)26-24(19)27-23(18)20;1-13-10-20-21(14(2)23-13)17-11-15(6-9-19(17)24-20)18-8-7-16(12-22-18)25(3,4)5;3*1-16(2,3)13-9-10-14(15-11-13)12-7-5-4-6-8-12;;;/h3-14,16H,1-2H3;7-8,10-11,13-15H,12H2,1-6H3;7-12H,1-5H3;3*4-7,9-11H,1-3H3;;;/q6*-1;;;/i;3D3;;;;;;;. The fourth-order valence-electron chi connectivity index (χ4n) is 15.2. The molecule has 19 rings (SSSR count). The number of hydrogen-bond donors (Lipinski definition) is 0. The van der Waals surface area contributed by atoms with Gasteiger partial charge in [0.05, 0.1) is 51.5 Å². The number of hydrogen-bond acceptors (Lipinski definition) is 12. The molecule has 0 unspecified atom stereocenters. The van der Waals surface area contributed by atoms with E-state index < -0.39 is 55.3 Å². The molecular formula is C111H115Ir3N9O3Si6-6. The second-order valence-electron chi connectivity index (χ2n) is 38.8. The summed E-state index contributed by atoms with van der Waals surface area (Å²) in [6.45, 7) is 45.9. The number of aromatic nitrogens is 9. The topological polar surface area (TPSA) is 155 Å². The summed E-state index contributed by atoms with van der Waals surface area (Å²) in [6, 6.07) is 97.6. The van der Waals surface area contributed by atoms with Crippen LogP contribution in [0.15, 0.2) is 293 Å². The van der Waals surface area contributed by atoms with Gasteiger partial charge in [0, 0.05) is 141 Å². The minimum absolute atomic E-state index is 0. The fourth-order valence-corrected chi connectivity index (χ4v) is 23.2. The number of fused-ring (bicyclic) bond motifs is 9. The van der Waals surface area contributed by atoms with Crippen molar-refractivity contribution in [2.24, 2.45) is 5.92 Å². The smallest absolute Gasteiger partial charge is 0.216 e. The first-order valence-corrected chi connectivity index (χ1v) is 64.6. The normalized spacial score (nSPS) is 12.1. The van der Waals surface area contributed by atoms with Gasteiger partial charge < -0.3 is 48.1 Å². The van der Waals surface area contributed by atoms with E-state index in [2.05, 4.69) is 312 Å². The number of para-hydroxylation sites is 1. The molecule has 0 saturated heterocycles. The molecule has 12 nitrogen and oxygen atoms in total. The van der Waals surface area contributed by atoms with Crippen LogP contribution in [-0.2, 0) is 66.7 Å².